The molecule has 1 amide bonds. The van der Waals surface area contributed by atoms with Crippen LogP contribution in [0, 0.1) is 0 Å². The van der Waals surface area contributed by atoms with Gasteiger partial charge in [0.2, 0.25) is 5.91 Å². The minimum Gasteiger partial charge on any atom is -0.338 e. The largest absolute Gasteiger partial charge is 0.338 e. The summed E-state index contributed by atoms with van der Waals surface area (Å²) in [4.78, 5) is 20.7. The standard InChI is InChI=1S/C18H27N3O/c1-4-21(12-15(2)3)18(22)14-20-11-5-6-17(13-20)16-7-9-19-10-8-16/h7-10,17H,2,4-6,11-14H2,1,3H3. The van der Waals surface area contributed by atoms with Crippen molar-refractivity contribution in [2.24, 2.45) is 0 Å². The van der Waals surface area contributed by atoms with Gasteiger partial charge in [-0.3, -0.25) is 14.7 Å². The lowest BCUT2D eigenvalue weighted by atomic mass is 9.91. The number of piperidine rings is 1. The number of aromatic nitrogens is 1. The molecule has 120 valence electrons. The first-order valence-electron chi connectivity index (χ1n) is 8.14. The van der Waals surface area contributed by atoms with E-state index in [1.165, 1.54) is 12.0 Å². The van der Waals surface area contributed by atoms with Crippen LogP contribution in [-0.4, -0.2) is 53.4 Å². The number of likely N-dealkylation sites (tertiary alicyclic amines) is 1. The molecule has 0 spiro atoms. The molecule has 2 heterocycles. The van der Waals surface area contributed by atoms with Crippen molar-refractivity contribution in [2.75, 3.05) is 32.7 Å². The van der Waals surface area contributed by atoms with Gasteiger partial charge in [0.1, 0.15) is 0 Å². The van der Waals surface area contributed by atoms with Gasteiger partial charge in [-0.05, 0) is 56.8 Å². The topological polar surface area (TPSA) is 36.4 Å². The lowest BCUT2D eigenvalue weighted by Gasteiger charge is -2.34. The van der Waals surface area contributed by atoms with E-state index in [0.717, 1.165) is 31.6 Å². The molecule has 1 saturated heterocycles. The predicted octanol–water partition coefficient (Wildman–Crippen LogP) is 2.69. The number of nitrogens with zero attached hydrogens (tertiary/aromatic N) is 3. The van der Waals surface area contributed by atoms with Gasteiger partial charge < -0.3 is 4.90 Å². The zero-order valence-electron chi connectivity index (χ0n) is 13.8. The molecule has 0 bridgehead atoms. The molecular formula is C18H27N3O. The van der Waals surface area contributed by atoms with E-state index >= 15 is 0 Å². The molecule has 0 aromatic carbocycles. The Morgan fingerprint density at radius 3 is 2.82 bits per heavy atom. The van der Waals surface area contributed by atoms with Crippen molar-refractivity contribution in [3.05, 3.63) is 42.2 Å². The second-order valence-electron chi connectivity index (χ2n) is 6.22. The maximum Gasteiger partial charge on any atom is 0.237 e. The SMILES string of the molecule is C=C(C)CN(CC)C(=O)CN1CCCC(c2ccncc2)C1. The minimum absolute atomic E-state index is 0.209. The summed E-state index contributed by atoms with van der Waals surface area (Å²) in [6.07, 6.45) is 6.04. The van der Waals surface area contributed by atoms with Crippen LogP contribution >= 0.6 is 0 Å². The van der Waals surface area contributed by atoms with Crippen LogP contribution in [0.15, 0.2) is 36.7 Å². The number of hydrogen-bond acceptors (Lipinski definition) is 3. The molecule has 0 saturated carbocycles. The third-order valence-electron chi connectivity index (χ3n) is 4.24. The summed E-state index contributed by atoms with van der Waals surface area (Å²) in [5.41, 5.74) is 2.37. The van der Waals surface area contributed by atoms with E-state index in [9.17, 15) is 4.79 Å². The van der Waals surface area contributed by atoms with Gasteiger partial charge >= 0.3 is 0 Å². The number of amides is 1. The zero-order chi connectivity index (χ0) is 15.9. The average molecular weight is 301 g/mol. The Bertz CT molecular complexity index is 500. The van der Waals surface area contributed by atoms with E-state index in [-0.39, 0.29) is 5.91 Å². The molecule has 1 unspecified atom stereocenters. The Morgan fingerprint density at radius 2 is 2.18 bits per heavy atom. The molecule has 0 radical (unpaired) electrons. The van der Waals surface area contributed by atoms with Crippen LogP contribution in [0.4, 0.5) is 0 Å². The van der Waals surface area contributed by atoms with Gasteiger partial charge in [-0.25, -0.2) is 0 Å². The van der Waals surface area contributed by atoms with E-state index < -0.39 is 0 Å². The van der Waals surface area contributed by atoms with Crippen LogP contribution in [0.3, 0.4) is 0 Å². The summed E-state index contributed by atoms with van der Waals surface area (Å²) < 4.78 is 0. The van der Waals surface area contributed by atoms with Crippen LogP contribution in [0.25, 0.3) is 0 Å². The van der Waals surface area contributed by atoms with Crippen LogP contribution in [0.2, 0.25) is 0 Å². The molecule has 1 aliphatic heterocycles. The summed E-state index contributed by atoms with van der Waals surface area (Å²) >= 11 is 0. The number of carbonyl (C=O) groups is 1. The van der Waals surface area contributed by atoms with E-state index in [0.29, 0.717) is 19.0 Å². The first-order chi connectivity index (χ1) is 10.6. The highest BCUT2D eigenvalue weighted by Crippen LogP contribution is 2.26. The molecule has 4 nitrogen and oxygen atoms in total. The third kappa shape index (κ3) is 4.67. The van der Waals surface area contributed by atoms with Crippen molar-refractivity contribution in [3.63, 3.8) is 0 Å². The first-order valence-corrected chi connectivity index (χ1v) is 8.14. The molecule has 2 rings (SSSR count). The fourth-order valence-corrected chi connectivity index (χ4v) is 3.10. The van der Waals surface area contributed by atoms with Crippen LogP contribution < -0.4 is 0 Å². The maximum atomic E-state index is 12.5. The van der Waals surface area contributed by atoms with E-state index in [4.69, 9.17) is 0 Å². The Kier molecular flexibility index (Phi) is 6.13. The number of likely N-dealkylation sites (N-methyl/N-ethyl adjacent to an activating group) is 1. The molecule has 1 atom stereocenters. The Morgan fingerprint density at radius 1 is 1.45 bits per heavy atom. The van der Waals surface area contributed by atoms with Crippen molar-refractivity contribution in [3.8, 4) is 0 Å². The molecule has 22 heavy (non-hydrogen) atoms. The Hall–Kier alpha value is -1.68. The number of rotatable bonds is 6. The highest BCUT2D eigenvalue weighted by Gasteiger charge is 2.24. The second kappa shape index (κ2) is 8.08. The molecule has 4 heteroatoms. The molecule has 1 aromatic heterocycles. The number of hydrogen-bond donors (Lipinski definition) is 0. The normalized spacial score (nSPS) is 18.9. The number of carbonyl (C=O) groups excluding carboxylic acids is 1. The monoisotopic (exact) mass is 301 g/mol. The fourth-order valence-electron chi connectivity index (χ4n) is 3.10. The minimum atomic E-state index is 0.209. The first kappa shape index (κ1) is 16.7. The van der Waals surface area contributed by atoms with Gasteiger partial charge in [0.15, 0.2) is 0 Å². The molecular weight excluding hydrogens is 274 g/mol. The van der Waals surface area contributed by atoms with Crippen molar-refractivity contribution >= 4 is 5.91 Å². The zero-order valence-corrected chi connectivity index (χ0v) is 13.8. The van der Waals surface area contributed by atoms with Crippen molar-refractivity contribution in [2.45, 2.75) is 32.6 Å². The van der Waals surface area contributed by atoms with Crippen LogP contribution in [-0.2, 0) is 4.79 Å². The molecule has 0 N–H and O–H groups in total. The van der Waals surface area contributed by atoms with Crippen LogP contribution in [0.1, 0.15) is 38.2 Å². The van der Waals surface area contributed by atoms with Gasteiger partial charge in [0, 0.05) is 32.0 Å². The van der Waals surface area contributed by atoms with Crippen molar-refractivity contribution < 1.29 is 4.79 Å². The quantitative estimate of drug-likeness (QED) is 0.758. The highest BCUT2D eigenvalue weighted by molar-refractivity contribution is 5.78. The van der Waals surface area contributed by atoms with Gasteiger partial charge in [0.05, 0.1) is 6.54 Å². The lowest BCUT2D eigenvalue weighted by Crippen LogP contribution is -2.44. The summed E-state index contributed by atoms with van der Waals surface area (Å²) in [7, 11) is 0. The molecule has 1 aromatic rings. The summed E-state index contributed by atoms with van der Waals surface area (Å²) in [6, 6.07) is 4.19. The molecule has 1 fully saturated rings. The second-order valence-corrected chi connectivity index (χ2v) is 6.22. The maximum absolute atomic E-state index is 12.5. The van der Waals surface area contributed by atoms with Gasteiger partial charge in [0.25, 0.3) is 0 Å². The lowest BCUT2D eigenvalue weighted by molar-refractivity contribution is -0.132. The van der Waals surface area contributed by atoms with Gasteiger partial charge in [-0.15, -0.1) is 0 Å². The van der Waals surface area contributed by atoms with E-state index in [1.807, 2.05) is 31.1 Å². The third-order valence-corrected chi connectivity index (χ3v) is 4.24. The summed E-state index contributed by atoms with van der Waals surface area (Å²) in [5, 5.41) is 0. The summed E-state index contributed by atoms with van der Waals surface area (Å²) in [6.45, 7) is 11.8. The number of pyridine rings is 1. The molecule has 0 aliphatic carbocycles. The Labute approximate surface area is 133 Å². The molecule has 1 aliphatic rings. The Balaban J connectivity index is 1.92. The van der Waals surface area contributed by atoms with E-state index in [1.54, 1.807) is 0 Å². The summed E-state index contributed by atoms with van der Waals surface area (Å²) in [5.74, 6) is 0.724. The van der Waals surface area contributed by atoms with Gasteiger partial charge in [-0.1, -0.05) is 12.2 Å². The smallest absolute Gasteiger partial charge is 0.237 e. The fraction of sp³-hybridized carbons (Fsp3) is 0.556. The van der Waals surface area contributed by atoms with Crippen LogP contribution in [0.5, 0.6) is 0 Å². The van der Waals surface area contributed by atoms with Crippen molar-refractivity contribution in [1.82, 2.24) is 14.8 Å². The van der Waals surface area contributed by atoms with Crippen molar-refractivity contribution in [1.29, 1.82) is 0 Å². The highest BCUT2D eigenvalue weighted by atomic mass is 16.2. The van der Waals surface area contributed by atoms with Gasteiger partial charge in [-0.2, -0.15) is 0 Å². The van der Waals surface area contributed by atoms with E-state index in [2.05, 4.69) is 28.6 Å². The predicted molar refractivity (Wildman–Crippen MR) is 89.7 cm³/mol. The average Bonchev–Trinajstić information content (AvgIpc) is 2.53.